The molecule has 0 heterocycles. The summed E-state index contributed by atoms with van der Waals surface area (Å²) in [4.78, 5) is 10.3. The Bertz CT molecular complexity index is 176. The first-order valence-electron chi connectivity index (χ1n) is 2.60. The summed E-state index contributed by atoms with van der Waals surface area (Å²) in [5.41, 5.74) is 5.25. The van der Waals surface area contributed by atoms with Crippen LogP contribution < -0.4 is 5.73 Å². The molecule has 3 nitrogen and oxygen atoms in total. The first kappa shape index (κ1) is 7.70. The second-order valence-electron chi connectivity index (χ2n) is 1.52. The van der Waals surface area contributed by atoms with Crippen molar-refractivity contribution >= 4 is 5.91 Å². The van der Waals surface area contributed by atoms with Crippen LogP contribution in [-0.2, 0) is 4.79 Å². The molecule has 0 aromatic carbocycles. The Balaban J connectivity index is 4.20. The van der Waals surface area contributed by atoms with Gasteiger partial charge in [0.05, 0.1) is 6.07 Å². The molecular weight excluding hydrogens is 116 g/mol. The van der Waals surface area contributed by atoms with E-state index in [1.54, 1.807) is 13.0 Å². The summed E-state index contributed by atoms with van der Waals surface area (Å²) in [6, 6.07) is 1.74. The van der Waals surface area contributed by atoms with Crippen LogP contribution in [0.3, 0.4) is 0 Å². The molecule has 0 fully saturated rings. The highest BCUT2D eigenvalue weighted by atomic mass is 16.1. The Kier molecular flexibility index (Phi) is 3.14. The fraction of sp³-hybridized carbons (Fsp3) is 0.333. The standard InChI is InChI=1S/C6H8N2O/c1-2-5(3-4-7)6(8)9/h3H,2H2,1H3,(H2,8,9). The molecule has 2 N–H and O–H groups in total. The van der Waals surface area contributed by atoms with E-state index >= 15 is 0 Å². The first-order chi connectivity index (χ1) is 4.22. The van der Waals surface area contributed by atoms with E-state index in [2.05, 4.69) is 0 Å². The van der Waals surface area contributed by atoms with Crippen LogP contribution in [0.5, 0.6) is 0 Å². The van der Waals surface area contributed by atoms with Gasteiger partial charge in [-0.2, -0.15) is 5.26 Å². The molecular formula is C6H8N2O. The highest BCUT2D eigenvalue weighted by molar-refractivity contribution is 5.92. The molecule has 0 aliphatic rings. The summed E-state index contributed by atoms with van der Waals surface area (Å²) in [7, 11) is 0. The Morgan fingerprint density at radius 1 is 1.89 bits per heavy atom. The second-order valence-corrected chi connectivity index (χ2v) is 1.52. The van der Waals surface area contributed by atoms with Gasteiger partial charge in [-0.25, -0.2) is 0 Å². The number of nitrogens with two attached hydrogens (primary N) is 1. The molecule has 48 valence electrons. The molecule has 0 saturated carbocycles. The van der Waals surface area contributed by atoms with E-state index in [-0.39, 0.29) is 0 Å². The van der Waals surface area contributed by atoms with Crippen LogP contribution in [0.2, 0.25) is 0 Å². The lowest BCUT2D eigenvalue weighted by molar-refractivity contribution is -0.114. The largest absolute Gasteiger partial charge is 0.366 e. The van der Waals surface area contributed by atoms with Gasteiger partial charge in [0.2, 0.25) is 5.91 Å². The Hall–Kier alpha value is -1.30. The summed E-state index contributed by atoms with van der Waals surface area (Å²) >= 11 is 0. The fourth-order valence-corrected chi connectivity index (χ4v) is 0.425. The molecule has 0 saturated heterocycles. The zero-order valence-corrected chi connectivity index (χ0v) is 5.22. The number of carbonyl (C=O) groups excluding carboxylic acids is 1. The van der Waals surface area contributed by atoms with Gasteiger partial charge < -0.3 is 5.73 Å². The second kappa shape index (κ2) is 3.67. The SMILES string of the molecule is CCC(=CC#N)C(N)=O. The van der Waals surface area contributed by atoms with Crippen molar-refractivity contribution < 1.29 is 4.79 Å². The van der Waals surface area contributed by atoms with Gasteiger partial charge in [-0.1, -0.05) is 6.92 Å². The fourth-order valence-electron chi connectivity index (χ4n) is 0.425. The van der Waals surface area contributed by atoms with Gasteiger partial charge in [0.25, 0.3) is 0 Å². The van der Waals surface area contributed by atoms with Gasteiger partial charge in [-0.05, 0) is 6.42 Å². The number of amides is 1. The molecule has 0 bridgehead atoms. The lowest BCUT2D eigenvalue weighted by Crippen LogP contribution is -2.12. The maximum atomic E-state index is 10.3. The lowest BCUT2D eigenvalue weighted by atomic mass is 10.2. The molecule has 0 atom stereocenters. The molecule has 0 spiro atoms. The zero-order valence-electron chi connectivity index (χ0n) is 5.22. The third kappa shape index (κ3) is 2.50. The highest BCUT2D eigenvalue weighted by Gasteiger charge is 1.98. The Morgan fingerprint density at radius 2 is 2.44 bits per heavy atom. The van der Waals surface area contributed by atoms with Gasteiger partial charge >= 0.3 is 0 Å². The first-order valence-corrected chi connectivity index (χ1v) is 2.60. The van der Waals surface area contributed by atoms with Crippen LogP contribution in [0.1, 0.15) is 13.3 Å². The highest BCUT2D eigenvalue weighted by Crippen LogP contribution is 1.96. The normalized spacial score (nSPS) is 10.4. The van der Waals surface area contributed by atoms with Crippen molar-refractivity contribution in [3.63, 3.8) is 0 Å². The van der Waals surface area contributed by atoms with Crippen molar-refractivity contribution in [3.05, 3.63) is 11.6 Å². The van der Waals surface area contributed by atoms with E-state index in [0.29, 0.717) is 12.0 Å². The minimum atomic E-state index is -0.515. The van der Waals surface area contributed by atoms with Gasteiger partial charge in [0.15, 0.2) is 0 Å². The smallest absolute Gasteiger partial charge is 0.245 e. The van der Waals surface area contributed by atoms with Crippen LogP contribution in [0.15, 0.2) is 11.6 Å². The average molecular weight is 124 g/mol. The number of rotatable bonds is 2. The summed E-state index contributed by atoms with van der Waals surface area (Å²) in [6.45, 7) is 1.77. The minimum Gasteiger partial charge on any atom is -0.366 e. The molecule has 0 unspecified atom stereocenters. The third-order valence-corrected chi connectivity index (χ3v) is 0.936. The molecule has 3 heteroatoms. The van der Waals surface area contributed by atoms with Crippen LogP contribution >= 0.6 is 0 Å². The number of primary amides is 1. The van der Waals surface area contributed by atoms with Crippen molar-refractivity contribution in [2.75, 3.05) is 0 Å². The van der Waals surface area contributed by atoms with Crippen LogP contribution in [0.25, 0.3) is 0 Å². The van der Waals surface area contributed by atoms with Crippen molar-refractivity contribution in [1.82, 2.24) is 0 Å². The maximum Gasteiger partial charge on any atom is 0.245 e. The van der Waals surface area contributed by atoms with Crippen LogP contribution in [0.4, 0.5) is 0 Å². The maximum absolute atomic E-state index is 10.3. The molecule has 0 aliphatic carbocycles. The molecule has 1 amide bonds. The van der Waals surface area contributed by atoms with E-state index < -0.39 is 5.91 Å². The zero-order chi connectivity index (χ0) is 7.28. The summed E-state index contributed by atoms with van der Waals surface area (Å²) in [6.07, 6.45) is 1.69. The molecule has 0 radical (unpaired) electrons. The minimum absolute atomic E-state index is 0.373. The molecule has 9 heavy (non-hydrogen) atoms. The van der Waals surface area contributed by atoms with Crippen LogP contribution in [-0.4, -0.2) is 5.91 Å². The summed E-state index contributed by atoms with van der Waals surface area (Å²) < 4.78 is 0. The number of nitriles is 1. The molecule has 0 aromatic heterocycles. The number of hydrogen-bond donors (Lipinski definition) is 1. The van der Waals surface area contributed by atoms with Crippen LogP contribution in [0, 0.1) is 11.3 Å². The van der Waals surface area contributed by atoms with Crippen molar-refractivity contribution in [2.24, 2.45) is 5.73 Å². The predicted octanol–water partition coefficient (Wildman–Crippen LogP) is 0.332. The van der Waals surface area contributed by atoms with E-state index in [9.17, 15) is 4.79 Å². The number of nitrogens with zero attached hydrogens (tertiary/aromatic N) is 1. The van der Waals surface area contributed by atoms with E-state index in [4.69, 9.17) is 11.0 Å². The van der Waals surface area contributed by atoms with Gasteiger partial charge in [-0.15, -0.1) is 0 Å². The quantitative estimate of drug-likeness (QED) is 0.426. The molecule has 0 aromatic rings. The number of carbonyl (C=O) groups is 1. The summed E-state index contributed by atoms with van der Waals surface area (Å²) in [5.74, 6) is -0.515. The Labute approximate surface area is 53.8 Å². The van der Waals surface area contributed by atoms with Crippen molar-refractivity contribution in [3.8, 4) is 6.07 Å². The van der Waals surface area contributed by atoms with E-state index in [1.807, 2.05) is 0 Å². The molecule has 0 rings (SSSR count). The average Bonchev–Trinajstić information content (AvgIpc) is 1.82. The van der Waals surface area contributed by atoms with Gasteiger partial charge in [0, 0.05) is 11.6 Å². The topological polar surface area (TPSA) is 66.9 Å². The van der Waals surface area contributed by atoms with Crippen molar-refractivity contribution in [1.29, 1.82) is 5.26 Å². The lowest BCUT2D eigenvalue weighted by Gasteiger charge is -1.91. The van der Waals surface area contributed by atoms with Crippen molar-refractivity contribution in [2.45, 2.75) is 13.3 Å². The van der Waals surface area contributed by atoms with Gasteiger partial charge in [-0.3, -0.25) is 4.79 Å². The number of hydrogen-bond acceptors (Lipinski definition) is 2. The summed E-state index contributed by atoms with van der Waals surface area (Å²) in [5, 5.41) is 8.08. The predicted molar refractivity (Wildman–Crippen MR) is 33.2 cm³/mol. The Morgan fingerprint density at radius 3 is 2.56 bits per heavy atom. The van der Waals surface area contributed by atoms with E-state index in [0.717, 1.165) is 0 Å². The third-order valence-electron chi connectivity index (χ3n) is 0.936. The van der Waals surface area contributed by atoms with E-state index in [1.165, 1.54) is 6.08 Å². The van der Waals surface area contributed by atoms with Gasteiger partial charge in [0.1, 0.15) is 0 Å². The molecule has 0 aliphatic heterocycles. The monoisotopic (exact) mass is 124 g/mol. The number of allylic oxidation sites excluding steroid dienone is 1.